The lowest BCUT2D eigenvalue weighted by molar-refractivity contribution is -0.121. The van der Waals surface area contributed by atoms with Crippen LogP contribution >= 0.6 is 11.3 Å². The third-order valence-corrected chi connectivity index (χ3v) is 6.91. The van der Waals surface area contributed by atoms with E-state index in [4.69, 9.17) is 0 Å². The van der Waals surface area contributed by atoms with Crippen molar-refractivity contribution in [1.82, 2.24) is 20.0 Å². The van der Waals surface area contributed by atoms with Crippen LogP contribution in [0.25, 0.3) is 10.9 Å². The highest BCUT2D eigenvalue weighted by Crippen LogP contribution is 2.29. The minimum atomic E-state index is -0.0964. The van der Waals surface area contributed by atoms with Crippen LogP contribution in [0.1, 0.15) is 37.1 Å². The largest absolute Gasteiger partial charge is 0.354 e. The number of piperidine rings is 1. The Hall–Kier alpha value is -2.51. The number of nitrogens with one attached hydrogen (secondary N) is 1. The Morgan fingerprint density at radius 1 is 1.23 bits per heavy atom. The molecule has 1 N–H and O–H groups in total. The second-order valence-corrected chi connectivity index (χ2v) is 9.03. The fourth-order valence-electron chi connectivity index (χ4n) is 4.08. The first-order chi connectivity index (χ1) is 14.6. The Morgan fingerprint density at radius 2 is 2.03 bits per heavy atom. The smallest absolute Gasteiger partial charge is 0.221 e. The fourth-order valence-corrected chi connectivity index (χ4v) is 4.94. The summed E-state index contributed by atoms with van der Waals surface area (Å²) in [4.78, 5) is 28.4. The van der Waals surface area contributed by atoms with Gasteiger partial charge in [0.25, 0.3) is 0 Å². The summed E-state index contributed by atoms with van der Waals surface area (Å²) in [6, 6.07) is 11.8. The Morgan fingerprint density at radius 3 is 2.80 bits per heavy atom. The molecule has 2 aromatic heterocycles. The van der Waals surface area contributed by atoms with Crippen molar-refractivity contribution >= 4 is 28.1 Å². The molecule has 1 fully saturated rings. The Balaban J connectivity index is 1.37. The van der Waals surface area contributed by atoms with Gasteiger partial charge in [0.15, 0.2) is 0 Å². The number of aryl methyl sites for hydroxylation is 1. The normalized spacial score (nSPS) is 16.6. The van der Waals surface area contributed by atoms with Gasteiger partial charge in [-0.25, -0.2) is 0 Å². The van der Waals surface area contributed by atoms with Crippen LogP contribution in [-0.4, -0.2) is 40.2 Å². The minimum Gasteiger partial charge on any atom is -0.354 e. The number of benzene rings is 1. The van der Waals surface area contributed by atoms with Gasteiger partial charge in [0, 0.05) is 23.2 Å². The number of carbonyl (C=O) groups is 1. The number of thiophene rings is 1. The number of carbonyl (C=O) groups excluding carboxylic acids is 1. The molecule has 0 saturated carbocycles. The molecule has 30 heavy (non-hydrogen) atoms. The summed E-state index contributed by atoms with van der Waals surface area (Å²) in [5, 5.41) is 10.1. The lowest BCUT2D eigenvalue weighted by atomic mass is 9.97. The van der Waals surface area contributed by atoms with E-state index in [1.807, 2.05) is 18.2 Å². The molecule has 1 aromatic carbocycles. The van der Waals surface area contributed by atoms with Crippen LogP contribution in [-0.2, 0) is 11.3 Å². The van der Waals surface area contributed by atoms with Crippen LogP contribution in [0.2, 0.25) is 0 Å². The number of rotatable bonds is 7. The zero-order valence-corrected chi connectivity index (χ0v) is 18.1. The van der Waals surface area contributed by atoms with E-state index in [9.17, 15) is 9.59 Å². The number of para-hydroxylation sites is 1. The quantitative estimate of drug-likeness (QED) is 0.631. The van der Waals surface area contributed by atoms with E-state index in [0.717, 1.165) is 24.5 Å². The molecule has 0 aliphatic carbocycles. The van der Waals surface area contributed by atoms with Crippen molar-refractivity contribution < 1.29 is 4.79 Å². The molecule has 1 atom stereocenters. The van der Waals surface area contributed by atoms with Crippen LogP contribution < -0.4 is 10.7 Å². The molecule has 7 heteroatoms. The minimum absolute atomic E-state index is 0.00603. The van der Waals surface area contributed by atoms with Gasteiger partial charge in [-0.1, -0.05) is 25.1 Å². The molecule has 6 nitrogen and oxygen atoms in total. The van der Waals surface area contributed by atoms with Crippen molar-refractivity contribution in [2.24, 2.45) is 5.92 Å². The SMILES string of the molecule is CC1CCN(C(CNC(=O)CCn2ncc(=O)c3ccccc32)c2cccs2)CC1. The molecule has 0 spiro atoms. The lowest BCUT2D eigenvalue weighted by Gasteiger charge is -2.36. The van der Waals surface area contributed by atoms with E-state index in [-0.39, 0.29) is 17.4 Å². The van der Waals surface area contributed by atoms with E-state index in [1.54, 1.807) is 22.1 Å². The summed E-state index contributed by atoms with van der Waals surface area (Å²) in [5.41, 5.74) is 0.664. The van der Waals surface area contributed by atoms with Crippen molar-refractivity contribution in [1.29, 1.82) is 0 Å². The van der Waals surface area contributed by atoms with Gasteiger partial charge in [0.1, 0.15) is 0 Å². The maximum atomic E-state index is 12.6. The zero-order valence-electron chi connectivity index (χ0n) is 17.3. The van der Waals surface area contributed by atoms with Crippen molar-refractivity contribution in [3.05, 3.63) is 63.1 Å². The third kappa shape index (κ3) is 4.79. The summed E-state index contributed by atoms with van der Waals surface area (Å²) < 4.78 is 1.74. The maximum absolute atomic E-state index is 12.6. The molecule has 3 heterocycles. The van der Waals surface area contributed by atoms with Crippen LogP contribution in [0.15, 0.2) is 52.8 Å². The lowest BCUT2D eigenvalue weighted by Crippen LogP contribution is -2.41. The number of amides is 1. The fraction of sp³-hybridized carbons (Fsp3) is 0.435. The first kappa shape index (κ1) is 20.8. The van der Waals surface area contributed by atoms with Crippen LogP contribution in [0.3, 0.4) is 0 Å². The van der Waals surface area contributed by atoms with E-state index in [0.29, 0.717) is 24.9 Å². The van der Waals surface area contributed by atoms with Gasteiger partial charge >= 0.3 is 0 Å². The number of hydrogen-bond donors (Lipinski definition) is 1. The molecule has 4 rings (SSSR count). The van der Waals surface area contributed by atoms with Gasteiger partial charge in [0.2, 0.25) is 11.3 Å². The Bertz CT molecular complexity index is 1040. The molecule has 1 saturated heterocycles. The van der Waals surface area contributed by atoms with Gasteiger partial charge in [-0.2, -0.15) is 5.10 Å². The first-order valence-corrected chi connectivity index (χ1v) is 11.5. The van der Waals surface area contributed by atoms with Crippen molar-refractivity contribution in [3.8, 4) is 0 Å². The Kier molecular flexibility index (Phi) is 6.59. The number of fused-ring (bicyclic) bond motifs is 1. The number of likely N-dealkylation sites (tertiary alicyclic amines) is 1. The topological polar surface area (TPSA) is 67.2 Å². The predicted molar refractivity (Wildman–Crippen MR) is 121 cm³/mol. The van der Waals surface area contributed by atoms with E-state index < -0.39 is 0 Å². The van der Waals surface area contributed by atoms with E-state index in [2.05, 4.69) is 39.8 Å². The second kappa shape index (κ2) is 9.53. The summed E-state index contributed by atoms with van der Waals surface area (Å²) in [7, 11) is 0. The Labute approximate surface area is 180 Å². The molecule has 0 radical (unpaired) electrons. The van der Waals surface area contributed by atoms with E-state index in [1.165, 1.54) is 23.9 Å². The van der Waals surface area contributed by atoms with Gasteiger partial charge < -0.3 is 5.32 Å². The van der Waals surface area contributed by atoms with E-state index >= 15 is 0 Å². The highest BCUT2D eigenvalue weighted by atomic mass is 32.1. The highest BCUT2D eigenvalue weighted by molar-refractivity contribution is 7.10. The second-order valence-electron chi connectivity index (χ2n) is 8.05. The summed E-state index contributed by atoms with van der Waals surface area (Å²) in [6.45, 7) is 5.53. The van der Waals surface area contributed by atoms with Gasteiger partial charge in [-0.15, -0.1) is 11.3 Å². The number of nitrogens with zero attached hydrogens (tertiary/aromatic N) is 3. The molecule has 3 aromatic rings. The predicted octanol–water partition coefficient (Wildman–Crippen LogP) is 3.44. The standard InChI is InChI=1S/C23H28N4O2S/c1-17-8-11-26(12-9-17)20(22-7-4-14-30-22)15-24-23(29)10-13-27-19-6-3-2-5-18(19)21(28)16-25-27/h2-7,14,16-17,20H,8-13,15H2,1H3,(H,24,29). The molecular formula is C23H28N4O2S. The monoisotopic (exact) mass is 424 g/mol. The highest BCUT2D eigenvalue weighted by Gasteiger charge is 2.25. The van der Waals surface area contributed by atoms with Gasteiger partial charge in [-0.05, 0) is 55.4 Å². The van der Waals surface area contributed by atoms with Crippen molar-refractivity contribution in [2.75, 3.05) is 19.6 Å². The van der Waals surface area contributed by atoms with Crippen LogP contribution in [0.5, 0.6) is 0 Å². The zero-order chi connectivity index (χ0) is 20.9. The molecule has 1 aliphatic heterocycles. The average Bonchev–Trinajstić information content (AvgIpc) is 3.29. The first-order valence-electron chi connectivity index (χ1n) is 10.6. The number of hydrogen-bond acceptors (Lipinski definition) is 5. The molecule has 1 unspecified atom stereocenters. The number of aromatic nitrogens is 2. The molecular weight excluding hydrogens is 396 g/mol. The van der Waals surface area contributed by atoms with Crippen molar-refractivity contribution in [2.45, 2.75) is 38.8 Å². The summed E-state index contributed by atoms with van der Waals surface area (Å²) >= 11 is 1.75. The van der Waals surface area contributed by atoms with Crippen LogP contribution in [0, 0.1) is 5.92 Å². The summed E-state index contributed by atoms with van der Waals surface area (Å²) in [6.07, 6.45) is 4.07. The van der Waals surface area contributed by atoms with Crippen LogP contribution in [0.4, 0.5) is 0 Å². The van der Waals surface area contributed by atoms with Gasteiger partial charge in [0.05, 0.1) is 24.3 Å². The van der Waals surface area contributed by atoms with Gasteiger partial charge in [-0.3, -0.25) is 19.2 Å². The molecule has 1 amide bonds. The molecule has 1 aliphatic rings. The summed E-state index contributed by atoms with van der Waals surface area (Å²) in [5.74, 6) is 0.784. The average molecular weight is 425 g/mol. The maximum Gasteiger partial charge on any atom is 0.221 e. The molecule has 158 valence electrons. The van der Waals surface area contributed by atoms with Crippen molar-refractivity contribution in [3.63, 3.8) is 0 Å². The molecule has 0 bridgehead atoms. The third-order valence-electron chi connectivity index (χ3n) is 5.94.